The van der Waals surface area contributed by atoms with E-state index in [1.165, 1.54) is 17.8 Å². The highest BCUT2D eigenvalue weighted by Gasteiger charge is 2.35. The highest BCUT2D eigenvalue weighted by atomic mass is 32.2. The first-order valence-corrected chi connectivity index (χ1v) is 13.3. The first kappa shape index (κ1) is 25.5. The Morgan fingerprint density at radius 2 is 1.87 bits per heavy atom. The summed E-state index contributed by atoms with van der Waals surface area (Å²) in [6, 6.07) is 23.2. The second-order valence-corrected chi connectivity index (χ2v) is 9.62. The Kier molecular flexibility index (Phi) is 7.74. The average molecular weight is 531 g/mol. The Morgan fingerprint density at radius 1 is 1.08 bits per heavy atom. The van der Waals surface area contributed by atoms with Gasteiger partial charge in [-0.25, -0.2) is 13.9 Å². The lowest BCUT2D eigenvalue weighted by Crippen LogP contribution is -2.29. The van der Waals surface area contributed by atoms with E-state index in [4.69, 9.17) is 14.6 Å². The van der Waals surface area contributed by atoms with Gasteiger partial charge in [0.1, 0.15) is 24.2 Å². The lowest BCUT2D eigenvalue weighted by molar-refractivity contribution is -0.140. The summed E-state index contributed by atoms with van der Waals surface area (Å²) >= 11 is 1.33. The Morgan fingerprint density at radius 3 is 2.66 bits per heavy atom. The van der Waals surface area contributed by atoms with Crippen LogP contribution < -0.4 is 10.1 Å². The number of ether oxygens (including phenoxy) is 2. The van der Waals surface area contributed by atoms with E-state index < -0.39 is 12.0 Å². The summed E-state index contributed by atoms with van der Waals surface area (Å²) in [5, 5.41) is 8.39. The molecule has 0 saturated carbocycles. The van der Waals surface area contributed by atoms with Gasteiger partial charge in [0.2, 0.25) is 11.1 Å². The van der Waals surface area contributed by atoms with Gasteiger partial charge < -0.3 is 14.8 Å². The van der Waals surface area contributed by atoms with Crippen molar-refractivity contribution in [1.82, 2.24) is 14.8 Å². The van der Waals surface area contributed by atoms with E-state index in [0.717, 1.165) is 11.1 Å². The van der Waals surface area contributed by atoms with Gasteiger partial charge in [0.15, 0.2) is 0 Å². The Bertz CT molecular complexity index is 1470. The Balaban J connectivity index is 1.47. The van der Waals surface area contributed by atoms with Crippen LogP contribution in [0.25, 0.3) is 0 Å². The highest BCUT2D eigenvalue weighted by Crippen LogP contribution is 2.38. The van der Waals surface area contributed by atoms with Gasteiger partial charge in [-0.1, -0.05) is 72.4 Å². The van der Waals surface area contributed by atoms with E-state index in [0.29, 0.717) is 46.0 Å². The van der Waals surface area contributed by atoms with Crippen LogP contribution >= 0.6 is 11.8 Å². The number of allylic oxidation sites excluding steroid dienone is 1. The molecule has 4 aromatic rings. The molecule has 1 aliphatic heterocycles. The molecule has 0 amide bonds. The van der Waals surface area contributed by atoms with E-state index in [1.54, 1.807) is 22.9 Å². The molecular formula is C29H27FN4O3S. The molecular weight excluding hydrogens is 503 g/mol. The number of aromatic nitrogens is 3. The second-order valence-electron chi connectivity index (χ2n) is 8.68. The third-order valence-electron chi connectivity index (χ3n) is 6.07. The van der Waals surface area contributed by atoms with Crippen LogP contribution in [0, 0.1) is 5.82 Å². The summed E-state index contributed by atoms with van der Waals surface area (Å²) in [5.74, 6) is 0.832. The van der Waals surface area contributed by atoms with Gasteiger partial charge in [-0.2, -0.15) is 4.98 Å². The third kappa shape index (κ3) is 5.57. The zero-order valence-corrected chi connectivity index (χ0v) is 21.9. The SMILES string of the molecule is CCOc1cccc(C2C(C(=O)OCc3ccccc3)=C(C)Nc3nc(SCc4ccccc4F)nn32)c1. The summed E-state index contributed by atoms with van der Waals surface area (Å²) in [5.41, 5.74) is 3.32. The van der Waals surface area contributed by atoms with Crippen LogP contribution in [0.1, 0.15) is 36.6 Å². The lowest BCUT2D eigenvalue weighted by atomic mass is 9.95. The molecule has 1 aromatic heterocycles. The molecule has 194 valence electrons. The Labute approximate surface area is 224 Å². The minimum Gasteiger partial charge on any atom is -0.494 e. The summed E-state index contributed by atoms with van der Waals surface area (Å²) in [7, 11) is 0. The Hall–Kier alpha value is -4.11. The quantitative estimate of drug-likeness (QED) is 0.206. The van der Waals surface area contributed by atoms with E-state index in [-0.39, 0.29) is 12.4 Å². The monoisotopic (exact) mass is 530 g/mol. The number of hydrogen-bond donors (Lipinski definition) is 1. The molecule has 1 atom stereocenters. The van der Waals surface area contributed by atoms with E-state index >= 15 is 0 Å². The molecule has 1 aliphatic rings. The number of esters is 1. The van der Waals surface area contributed by atoms with E-state index in [2.05, 4.69) is 10.3 Å². The minimum atomic E-state index is -0.592. The van der Waals surface area contributed by atoms with Crippen molar-refractivity contribution in [3.8, 4) is 5.75 Å². The number of nitrogens with zero attached hydrogens (tertiary/aromatic N) is 3. The first-order chi connectivity index (χ1) is 18.5. The van der Waals surface area contributed by atoms with Crippen molar-refractivity contribution < 1.29 is 18.7 Å². The van der Waals surface area contributed by atoms with Crippen molar-refractivity contribution in [3.63, 3.8) is 0 Å². The molecule has 38 heavy (non-hydrogen) atoms. The molecule has 7 nitrogen and oxygen atoms in total. The molecule has 1 N–H and O–H groups in total. The van der Waals surface area contributed by atoms with Crippen LogP contribution in [0.5, 0.6) is 5.75 Å². The maximum Gasteiger partial charge on any atom is 0.338 e. The number of fused-ring (bicyclic) bond motifs is 1. The maximum absolute atomic E-state index is 14.1. The van der Waals surface area contributed by atoms with Gasteiger partial charge in [0.25, 0.3) is 0 Å². The number of nitrogens with one attached hydrogen (secondary N) is 1. The van der Waals surface area contributed by atoms with Crippen molar-refractivity contribution >= 4 is 23.7 Å². The molecule has 9 heteroatoms. The largest absolute Gasteiger partial charge is 0.494 e. The zero-order chi connectivity index (χ0) is 26.5. The summed E-state index contributed by atoms with van der Waals surface area (Å²) in [6.07, 6.45) is 0. The van der Waals surface area contributed by atoms with Crippen LogP contribution in [-0.4, -0.2) is 27.3 Å². The number of anilines is 1. The van der Waals surface area contributed by atoms with Crippen molar-refractivity contribution in [1.29, 1.82) is 0 Å². The van der Waals surface area contributed by atoms with Crippen molar-refractivity contribution in [2.45, 2.75) is 37.4 Å². The van der Waals surface area contributed by atoms with Crippen LogP contribution in [0.4, 0.5) is 10.3 Å². The van der Waals surface area contributed by atoms with Crippen LogP contribution in [0.2, 0.25) is 0 Å². The molecule has 0 aliphatic carbocycles. The number of hydrogen-bond acceptors (Lipinski definition) is 7. The van der Waals surface area contributed by atoms with E-state index in [1.807, 2.05) is 68.4 Å². The number of rotatable bonds is 9. The molecule has 0 spiro atoms. The predicted molar refractivity (Wildman–Crippen MR) is 144 cm³/mol. The summed E-state index contributed by atoms with van der Waals surface area (Å²) in [6.45, 7) is 4.41. The van der Waals surface area contributed by atoms with Crippen LogP contribution in [-0.2, 0) is 21.9 Å². The van der Waals surface area contributed by atoms with Crippen LogP contribution in [0.15, 0.2) is 95.3 Å². The lowest BCUT2D eigenvalue weighted by Gasteiger charge is -2.28. The van der Waals surface area contributed by atoms with Crippen molar-refractivity contribution in [2.24, 2.45) is 0 Å². The highest BCUT2D eigenvalue weighted by molar-refractivity contribution is 7.98. The van der Waals surface area contributed by atoms with Crippen molar-refractivity contribution in [2.75, 3.05) is 11.9 Å². The van der Waals surface area contributed by atoms with Gasteiger partial charge in [-0.15, -0.1) is 5.10 Å². The topological polar surface area (TPSA) is 78.3 Å². The van der Waals surface area contributed by atoms with Crippen molar-refractivity contribution in [3.05, 3.63) is 113 Å². The number of carbonyl (C=O) groups excluding carboxylic acids is 1. The van der Waals surface area contributed by atoms with Gasteiger partial charge in [-0.3, -0.25) is 0 Å². The zero-order valence-electron chi connectivity index (χ0n) is 21.1. The summed E-state index contributed by atoms with van der Waals surface area (Å²) in [4.78, 5) is 18.1. The fourth-order valence-corrected chi connectivity index (χ4v) is 5.08. The molecule has 3 aromatic carbocycles. The van der Waals surface area contributed by atoms with Gasteiger partial charge in [0, 0.05) is 11.4 Å². The molecule has 2 heterocycles. The second kappa shape index (κ2) is 11.5. The number of carbonyl (C=O) groups is 1. The normalized spacial score (nSPS) is 14.6. The minimum absolute atomic E-state index is 0.149. The maximum atomic E-state index is 14.1. The fraction of sp³-hybridized carbons (Fsp3) is 0.207. The smallest absolute Gasteiger partial charge is 0.338 e. The number of thioether (sulfide) groups is 1. The fourth-order valence-electron chi connectivity index (χ4n) is 4.26. The number of halogens is 1. The standard InChI is InChI=1S/C29H27FN4O3S/c1-3-36-23-14-9-13-21(16-23)26-25(27(35)37-17-20-10-5-4-6-11-20)19(2)31-28-32-29(33-34(26)28)38-18-22-12-7-8-15-24(22)30/h4-16,26H,3,17-18H2,1-2H3,(H,31,32,33). The first-order valence-electron chi connectivity index (χ1n) is 12.3. The molecule has 0 saturated heterocycles. The average Bonchev–Trinajstić information content (AvgIpc) is 3.33. The molecule has 1 unspecified atom stereocenters. The van der Waals surface area contributed by atoms with Gasteiger partial charge >= 0.3 is 5.97 Å². The van der Waals surface area contributed by atoms with E-state index in [9.17, 15) is 9.18 Å². The number of benzene rings is 3. The molecule has 0 radical (unpaired) electrons. The predicted octanol–water partition coefficient (Wildman–Crippen LogP) is 6.14. The third-order valence-corrected chi connectivity index (χ3v) is 6.95. The van der Waals surface area contributed by atoms with Crippen LogP contribution in [0.3, 0.4) is 0 Å². The summed E-state index contributed by atoms with van der Waals surface area (Å²) < 4.78 is 27.3. The molecule has 5 rings (SSSR count). The molecule has 0 fully saturated rings. The van der Waals surface area contributed by atoms with Gasteiger partial charge in [-0.05, 0) is 48.7 Å². The molecule has 0 bridgehead atoms. The van der Waals surface area contributed by atoms with Gasteiger partial charge in [0.05, 0.1) is 12.2 Å².